The number of nitrogens with zero attached hydrogens (tertiary/aromatic N) is 1. The SMILES string of the molecule is CC(C)c1ccccc1-c1cnoc1N. The first-order valence-electron chi connectivity index (χ1n) is 4.99. The van der Waals surface area contributed by atoms with Gasteiger partial charge < -0.3 is 10.3 Å². The molecule has 78 valence electrons. The van der Waals surface area contributed by atoms with Crippen molar-refractivity contribution >= 4 is 5.88 Å². The van der Waals surface area contributed by atoms with E-state index >= 15 is 0 Å². The third-order valence-electron chi connectivity index (χ3n) is 2.47. The molecule has 1 aromatic heterocycles. The van der Waals surface area contributed by atoms with Crippen LogP contribution in [0, 0.1) is 0 Å². The Balaban J connectivity index is 2.58. The van der Waals surface area contributed by atoms with E-state index in [0.717, 1.165) is 11.1 Å². The Morgan fingerprint density at radius 1 is 1.20 bits per heavy atom. The van der Waals surface area contributed by atoms with Crippen LogP contribution in [-0.4, -0.2) is 5.16 Å². The Bertz CT molecular complexity index is 460. The fraction of sp³-hybridized carbons (Fsp3) is 0.250. The summed E-state index contributed by atoms with van der Waals surface area (Å²) in [6, 6.07) is 8.17. The highest BCUT2D eigenvalue weighted by Crippen LogP contribution is 2.32. The summed E-state index contributed by atoms with van der Waals surface area (Å²) >= 11 is 0. The first kappa shape index (κ1) is 9.77. The van der Waals surface area contributed by atoms with Crippen LogP contribution in [0.1, 0.15) is 25.3 Å². The van der Waals surface area contributed by atoms with Gasteiger partial charge in [0.15, 0.2) is 0 Å². The predicted molar refractivity (Wildman–Crippen MR) is 60.4 cm³/mol. The molecular formula is C12H14N2O. The normalized spacial score (nSPS) is 10.9. The summed E-state index contributed by atoms with van der Waals surface area (Å²) in [5, 5.41) is 3.70. The van der Waals surface area contributed by atoms with E-state index in [1.807, 2.05) is 18.2 Å². The van der Waals surface area contributed by atoms with Crippen molar-refractivity contribution in [1.82, 2.24) is 5.16 Å². The molecule has 0 fully saturated rings. The molecule has 0 unspecified atom stereocenters. The molecule has 0 aliphatic heterocycles. The van der Waals surface area contributed by atoms with Crippen molar-refractivity contribution < 1.29 is 4.52 Å². The van der Waals surface area contributed by atoms with E-state index in [1.165, 1.54) is 5.56 Å². The molecular weight excluding hydrogens is 188 g/mol. The quantitative estimate of drug-likeness (QED) is 0.814. The van der Waals surface area contributed by atoms with Crippen LogP contribution in [0.5, 0.6) is 0 Å². The Hall–Kier alpha value is -1.77. The van der Waals surface area contributed by atoms with Crippen molar-refractivity contribution in [2.45, 2.75) is 19.8 Å². The number of nitrogens with two attached hydrogens (primary N) is 1. The first-order chi connectivity index (χ1) is 7.20. The van der Waals surface area contributed by atoms with E-state index in [0.29, 0.717) is 11.8 Å². The second-order valence-electron chi connectivity index (χ2n) is 3.85. The lowest BCUT2D eigenvalue weighted by Gasteiger charge is -2.10. The van der Waals surface area contributed by atoms with Gasteiger partial charge >= 0.3 is 0 Å². The van der Waals surface area contributed by atoms with Crippen LogP contribution in [0.15, 0.2) is 35.0 Å². The minimum absolute atomic E-state index is 0.378. The molecule has 0 spiro atoms. The van der Waals surface area contributed by atoms with Crippen molar-refractivity contribution in [3.05, 3.63) is 36.0 Å². The molecule has 1 heterocycles. The van der Waals surface area contributed by atoms with Crippen molar-refractivity contribution in [1.29, 1.82) is 0 Å². The van der Waals surface area contributed by atoms with Crippen LogP contribution in [0.25, 0.3) is 11.1 Å². The monoisotopic (exact) mass is 202 g/mol. The molecule has 0 amide bonds. The maximum Gasteiger partial charge on any atom is 0.229 e. The third kappa shape index (κ3) is 1.73. The van der Waals surface area contributed by atoms with Gasteiger partial charge in [0.05, 0.1) is 11.8 Å². The number of aromatic nitrogens is 1. The van der Waals surface area contributed by atoms with E-state index < -0.39 is 0 Å². The van der Waals surface area contributed by atoms with E-state index in [9.17, 15) is 0 Å². The maximum absolute atomic E-state index is 5.71. The van der Waals surface area contributed by atoms with Gasteiger partial charge in [0.1, 0.15) is 0 Å². The fourth-order valence-corrected chi connectivity index (χ4v) is 1.70. The predicted octanol–water partition coefficient (Wildman–Crippen LogP) is 3.05. The summed E-state index contributed by atoms with van der Waals surface area (Å²) in [6.45, 7) is 4.31. The van der Waals surface area contributed by atoms with Gasteiger partial charge in [-0.25, -0.2) is 0 Å². The van der Waals surface area contributed by atoms with Crippen LogP contribution in [-0.2, 0) is 0 Å². The highest BCUT2D eigenvalue weighted by Gasteiger charge is 2.12. The zero-order valence-electron chi connectivity index (χ0n) is 8.90. The number of rotatable bonds is 2. The third-order valence-corrected chi connectivity index (χ3v) is 2.47. The van der Waals surface area contributed by atoms with E-state index in [-0.39, 0.29) is 0 Å². The van der Waals surface area contributed by atoms with Gasteiger partial charge in [-0.15, -0.1) is 0 Å². The zero-order chi connectivity index (χ0) is 10.8. The van der Waals surface area contributed by atoms with Crippen molar-refractivity contribution in [3.63, 3.8) is 0 Å². The summed E-state index contributed by atoms with van der Waals surface area (Å²) < 4.78 is 4.88. The van der Waals surface area contributed by atoms with Gasteiger partial charge in [0.2, 0.25) is 5.88 Å². The molecule has 3 nitrogen and oxygen atoms in total. The molecule has 2 N–H and O–H groups in total. The number of nitrogen functional groups attached to an aromatic ring is 1. The number of hydrogen-bond acceptors (Lipinski definition) is 3. The van der Waals surface area contributed by atoms with E-state index in [2.05, 4.69) is 25.1 Å². The summed E-state index contributed by atoms with van der Waals surface area (Å²) in [6.07, 6.45) is 1.66. The van der Waals surface area contributed by atoms with E-state index in [4.69, 9.17) is 10.3 Å². The minimum Gasteiger partial charge on any atom is -0.367 e. The van der Waals surface area contributed by atoms with Crippen LogP contribution in [0.2, 0.25) is 0 Å². The summed E-state index contributed by atoms with van der Waals surface area (Å²) in [7, 11) is 0. The number of benzene rings is 1. The van der Waals surface area contributed by atoms with Crippen LogP contribution >= 0.6 is 0 Å². The Kier molecular flexibility index (Phi) is 2.46. The summed E-state index contributed by atoms with van der Waals surface area (Å²) in [5.74, 6) is 0.832. The second kappa shape index (κ2) is 3.77. The van der Waals surface area contributed by atoms with Crippen LogP contribution < -0.4 is 5.73 Å². The molecule has 1 aromatic carbocycles. The molecule has 0 aliphatic rings. The van der Waals surface area contributed by atoms with Crippen molar-refractivity contribution in [2.75, 3.05) is 5.73 Å². The number of hydrogen-bond donors (Lipinski definition) is 1. The highest BCUT2D eigenvalue weighted by atomic mass is 16.5. The van der Waals surface area contributed by atoms with Gasteiger partial charge in [-0.3, -0.25) is 0 Å². The lowest BCUT2D eigenvalue weighted by Crippen LogP contribution is -1.93. The number of anilines is 1. The first-order valence-corrected chi connectivity index (χ1v) is 4.99. The molecule has 2 aromatic rings. The van der Waals surface area contributed by atoms with E-state index in [1.54, 1.807) is 6.20 Å². The fourth-order valence-electron chi connectivity index (χ4n) is 1.70. The zero-order valence-corrected chi connectivity index (χ0v) is 8.90. The average molecular weight is 202 g/mol. The molecule has 0 aliphatic carbocycles. The Morgan fingerprint density at radius 2 is 1.93 bits per heavy atom. The van der Waals surface area contributed by atoms with Crippen molar-refractivity contribution in [2.24, 2.45) is 0 Å². The molecule has 0 saturated carbocycles. The topological polar surface area (TPSA) is 52.0 Å². The maximum atomic E-state index is 5.71. The van der Waals surface area contributed by atoms with Gasteiger partial charge in [-0.05, 0) is 17.0 Å². The second-order valence-corrected chi connectivity index (χ2v) is 3.85. The van der Waals surface area contributed by atoms with Gasteiger partial charge in [-0.1, -0.05) is 43.3 Å². The summed E-state index contributed by atoms with van der Waals surface area (Å²) in [4.78, 5) is 0. The Labute approximate surface area is 88.9 Å². The molecule has 0 radical (unpaired) electrons. The van der Waals surface area contributed by atoms with Gasteiger partial charge in [-0.2, -0.15) is 0 Å². The lowest BCUT2D eigenvalue weighted by molar-refractivity contribution is 0.436. The summed E-state index contributed by atoms with van der Waals surface area (Å²) in [5.41, 5.74) is 8.95. The standard InChI is InChI=1S/C12H14N2O/c1-8(2)9-5-3-4-6-10(9)11-7-14-15-12(11)13/h3-8H,13H2,1-2H3. The van der Waals surface area contributed by atoms with Gasteiger partial charge in [0, 0.05) is 0 Å². The molecule has 0 saturated heterocycles. The molecule has 0 atom stereocenters. The largest absolute Gasteiger partial charge is 0.367 e. The van der Waals surface area contributed by atoms with Crippen molar-refractivity contribution in [3.8, 4) is 11.1 Å². The van der Waals surface area contributed by atoms with Crippen LogP contribution in [0.3, 0.4) is 0 Å². The highest BCUT2D eigenvalue weighted by molar-refractivity contribution is 5.75. The molecule has 2 rings (SSSR count). The molecule has 15 heavy (non-hydrogen) atoms. The molecule has 3 heteroatoms. The minimum atomic E-state index is 0.378. The smallest absolute Gasteiger partial charge is 0.229 e. The lowest BCUT2D eigenvalue weighted by atomic mass is 9.94. The van der Waals surface area contributed by atoms with Gasteiger partial charge in [0.25, 0.3) is 0 Å². The Morgan fingerprint density at radius 3 is 2.53 bits per heavy atom. The molecule has 0 bridgehead atoms. The average Bonchev–Trinajstić information content (AvgIpc) is 2.64. The van der Waals surface area contributed by atoms with Crippen LogP contribution in [0.4, 0.5) is 5.88 Å².